The first-order valence-corrected chi connectivity index (χ1v) is 6.15. The molecule has 2 rings (SSSR count). The van der Waals surface area contributed by atoms with Gasteiger partial charge in [-0.1, -0.05) is 12.1 Å². The molecule has 0 spiro atoms. The largest absolute Gasteiger partial charge is 0.397 e. The lowest BCUT2D eigenvalue weighted by molar-refractivity contribution is 1.19. The number of nitrogens with two attached hydrogens (primary N) is 1. The summed E-state index contributed by atoms with van der Waals surface area (Å²) in [6, 6.07) is 12.7. The topological polar surface area (TPSA) is 29.3 Å². The number of hydrogen-bond acceptors (Lipinski definition) is 2. The molecule has 0 amide bonds. The van der Waals surface area contributed by atoms with Gasteiger partial charge in [-0.25, -0.2) is 0 Å². The fourth-order valence-corrected chi connectivity index (χ4v) is 2.26. The Hall–Kier alpha value is -1.96. The zero-order valence-electron chi connectivity index (χ0n) is 11.5. The highest BCUT2D eigenvalue weighted by Gasteiger charge is 2.08. The lowest BCUT2D eigenvalue weighted by atomic mass is 10.1. The van der Waals surface area contributed by atoms with Gasteiger partial charge >= 0.3 is 0 Å². The minimum Gasteiger partial charge on any atom is -0.397 e. The maximum atomic E-state index is 6.09. The van der Waals surface area contributed by atoms with Crippen LogP contribution < -0.4 is 10.6 Å². The van der Waals surface area contributed by atoms with Crippen LogP contribution in [0.15, 0.2) is 36.4 Å². The van der Waals surface area contributed by atoms with Crippen molar-refractivity contribution >= 4 is 17.1 Å². The third-order valence-electron chi connectivity index (χ3n) is 3.14. The van der Waals surface area contributed by atoms with Crippen molar-refractivity contribution in [3.05, 3.63) is 53.1 Å². The molecule has 0 aromatic heterocycles. The number of nitrogens with zero attached hydrogens (tertiary/aromatic N) is 1. The number of hydrogen-bond donors (Lipinski definition) is 1. The molecule has 0 fully saturated rings. The van der Waals surface area contributed by atoms with Crippen molar-refractivity contribution in [3.63, 3.8) is 0 Å². The molecule has 94 valence electrons. The standard InChI is InChI=1S/C16H20N2/c1-11-5-6-16(15(17)10-11)18(4)14-8-12(2)7-13(3)9-14/h5-10H,17H2,1-4H3. The molecule has 2 heteroatoms. The normalized spacial score (nSPS) is 10.4. The van der Waals surface area contributed by atoms with Crippen LogP contribution in [-0.4, -0.2) is 7.05 Å². The summed E-state index contributed by atoms with van der Waals surface area (Å²) >= 11 is 0. The van der Waals surface area contributed by atoms with Gasteiger partial charge in [0.2, 0.25) is 0 Å². The maximum absolute atomic E-state index is 6.09. The number of nitrogen functional groups attached to an aromatic ring is 1. The van der Waals surface area contributed by atoms with E-state index in [1.165, 1.54) is 22.4 Å². The first-order chi connectivity index (χ1) is 8.47. The smallest absolute Gasteiger partial charge is 0.0641 e. The first-order valence-electron chi connectivity index (χ1n) is 6.15. The second-order valence-electron chi connectivity index (χ2n) is 4.97. The molecule has 0 saturated carbocycles. The molecule has 0 unspecified atom stereocenters. The van der Waals surface area contributed by atoms with Gasteiger partial charge in [0.25, 0.3) is 0 Å². The number of aryl methyl sites for hydroxylation is 3. The Labute approximate surface area is 109 Å². The summed E-state index contributed by atoms with van der Waals surface area (Å²) in [5.41, 5.74) is 12.8. The van der Waals surface area contributed by atoms with E-state index < -0.39 is 0 Å². The highest BCUT2D eigenvalue weighted by atomic mass is 15.1. The quantitative estimate of drug-likeness (QED) is 0.805. The van der Waals surface area contributed by atoms with Crippen molar-refractivity contribution in [1.82, 2.24) is 0 Å². The average molecular weight is 240 g/mol. The summed E-state index contributed by atoms with van der Waals surface area (Å²) in [4.78, 5) is 2.13. The van der Waals surface area contributed by atoms with Crippen molar-refractivity contribution in [2.75, 3.05) is 17.7 Å². The fraction of sp³-hybridized carbons (Fsp3) is 0.250. The van der Waals surface area contributed by atoms with Crippen molar-refractivity contribution < 1.29 is 0 Å². The van der Waals surface area contributed by atoms with Gasteiger partial charge < -0.3 is 10.6 Å². The zero-order valence-corrected chi connectivity index (χ0v) is 11.5. The highest BCUT2D eigenvalue weighted by Crippen LogP contribution is 2.30. The van der Waals surface area contributed by atoms with Crippen LogP contribution in [0.25, 0.3) is 0 Å². The predicted molar refractivity (Wildman–Crippen MR) is 79.6 cm³/mol. The van der Waals surface area contributed by atoms with E-state index in [0.717, 1.165) is 11.4 Å². The minimum atomic E-state index is 0.816. The summed E-state index contributed by atoms with van der Waals surface area (Å²) < 4.78 is 0. The molecule has 2 nitrogen and oxygen atoms in total. The van der Waals surface area contributed by atoms with E-state index in [1.54, 1.807) is 0 Å². The molecule has 2 N–H and O–H groups in total. The summed E-state index contributed by atoms with van der Waals surface area (Å²) in [7, 11) is 2.05. The molecule has 0 aliphatic heterocycles. The van der Waals surface area contributed by atoms with E-state index >= 15 is 0 Å². The summed E-state index contributed by atoms with van der Waals surface area (Å²) in [6.45, 7) is 6.28. The summed E-state index contributed by atoms with van der Waals surface area (Å²) in [5.74, 6) is 0. The number of rotatable bonds is 2. The zero-order chi connectivity index (χ0) is 13.3. The van der Waals surface area contributed by atoms with Crippen LogP contribution in [0.4, 0.5) is 17.1 Å². The van der Waals surface area contributed by atoms with E-state index in [4.69, 9.17) is 5.73 Å². The molecule has 0 aliphatic rings. The Balaban J connectivity index is 2.44. The van der Waals surface area contributed by atoms with Crippen LogP contribution in [0.1, 0.15) is 16.7 Å². The summed E-state index contributed by atoms with van der Waals surface area (Å²) in [6.07, 6.45) is 0. The first kappa shape index (κ1) is 12.5. The van der Waals surface area contributed by atoms with Crippen LogP contribution in [0.5, 0.6) is 0 Å². The van der Waals surface area contributed by atoms with Crippen LogP contribution in [0, 0.1) is 20.8 Å². The molecular weight excluding hydrogens is 220 g/mol. The Bertz CT molecular complexity index is 553. The van der Waals surface area contributed by atoms with Crippen LogP contribution in [-0.2, 0) is 0 Å². The monoisotopic (exact) mass is 240 g/mol. The Kier molecular flexibility index (Phi) is 3.28. The van der Waals surface area contributed by atoms with Gasteiger partial charge in [0, 0.05) is 12.7 Å². The van der Waals surface area contributed by atoms with E-state index in [2.05, 4.69) is 63.1 Å². The van der Waals surface area contributed by atoms with Gasteiger partial charge in [-0.15, -0.1) is 0 Å². The van der Waals surface area contributed by atoms with Crippen LogP contribution in [0.2, 0.25) is 0 Å². The SMILES string of the molecule is Cc1cc(C)cc(N(C)c2ccc(C)cc2N)c1. The molecule has 0 heterocycles. The molecule has 0 bridgehead atoms. The molecule has 0 atom stereocenters. The molecule has 18 heavy (non-hydrogen) atoms. The maximum Gasteiger partial charge on any atom is 0.0641 e. The van der Waals surface area contributed by atoms with E-state index in [9.17, 15) is 0 Å². The Morgan fingerprint density at radius 2 is 1.44 bits per heavy atom. The van der Waals surface area contributed by atoms with E-state index in [1.807, 2.05) is 6.07 Å². The molecular formula is C16H20N2. The van der Waals surface area contributed by atoms with Crippen LogP contribution >= 0.6 is 0 Å². The van der Waals surface area contributed by atoms with Crippen molar-refractivity contribution in [2.45, 2.75) is 20.8 Å². The van der Waals surface area contributed by atoms with Gasteiger partial charge in [0.1, 0.15) is 0 Å². The van der Waals surface area contributed by atoms with Crippen LogP contribution in [0.3, 0.4) is 0 Å². The van der Waals surface area contributed by atoms with E-state index in [0.29, 0.717) is 0 Å². The second-order valence-corrected chi connectivity index (χ2v) is 4.97. The molecule has 2 aromatic rings. The van der Waals surface area contributed by atoms with Gasteiger partial charge in [0.15, 0.2) is 0 Å². The Morgan fingerprint density at radius 3 is 2.00 bits per heavy atom. The number of anilines is 3. The second kappa shape index (κ2) is 4.73. The lowest BCUT2D eigenvalue weighted by Gasteiger charge is -2.22. The summed E-state index contributed by atoms with van der Waals surface area (Å²) in [5, 5.41) is 0. The average Bonchev–Trinajstić information content (AvgIpc) is 2.26. The van der Waals surface area contributed by atoms with E-state index in [-0.39, 0.29) is 0 Å². The van der Waals surface area contributed by atoms with Crippen molar-refractivity contribution in [2.24, 2.45) is 0 Å². The highest BCUT2D eigenvalue weighted by molar-refractivity contribution is 5.75. The lowest BCUT2D eigenvalue weighted by Crippen LogP contribution is -2.12. The fourth-order valence-electron chi connectivity index (χ4n) is 2.26. The van der Waals surface area contributed by atoms with Gasteiger partial charge in [-0.05, 0) is 61.7 Å². The molecule has 0 saturated heterocycles. The Morgan fingerprint density at radius 1 is 0.833 bits per heavy atom. The minimum absolute atomic E-state index is 0.816. The van der Waals surface area contributed by atoms with Gasteiger partial charge in [-0.2, -0.15) is 0 Å². The van der Waals surface area contributed by atoms with Gasteiger partial charge in [0.05, 0.1) is 11.4 Å². The molecule has 0 aliphatic carbocycles. The molecule has 2 aromatic carbocycles. The molecule has 0 radical (unpaired) electrons. The third-order valence-corrected chi connectivity index (χ3v) is 3.14. The predicted octanol–water partition coefficient (Wildman–Crippen LogP) is 3.96. The third kappa shape index (κ3) is 2.48. The van der Waals surface area contributed by atoms with Gasteiger partial charge in [-0.3, -0.25) is 0 Å². The number of benzene rings is 2. The van der Waals surface area contributed by atoms with Crippen molar-refractivity contribution in [3.8, 4) is 0 Å². The van der Waals surface area contributed by atoms with Crippen molar-refractivity contribution in [1.29, 1.82) is 0 Å².